The molecule has 0 radical (unpaired) electrons. The molecule has 0 bridgehead atoms. The summed E-state index contributed by atoms with van der Waals surface area (Å²) in [6.07, 6.45) is 1.63. The lowest BCUT2D eigenvalue weighted by atomic mass is 10.2. The Bertz CT molecular complexity index is 557. The van der Waals surface area contributed by atoms with Crippen LogP contribution in [0.1, 0.15) is 11.1 Å². The predicted octanol–water partition coefficient (Wildman–Crippen LogP) is 3.06. The van der Waals surface area contributed by atoms with E-state index in [2.05, 4.69) is 20.9 Å². The fourth-order valence-corrected chi connectivity index (χ4v) is 1.77. The Morgan fingerprint density at radius 1 is 1.28 bits per heavy atom. The zero-order valence-corrected chi connectivity index (χ0v) is 11.9. The first-order valence-corrected chi connectivity index (χ1v) is 6.48. The number of thiocarbonyl (C=S) groups is 1. The zero-order chi connectivity index (χ0) is 13.0. The Balaban J connectivity index is 2.04. The highest BCUT2D eigenvalue weighted by atomic mass is 79.9. The lowest BCUT2D eigenvalue weighted by Gasteiger charge is -2.06. The van der Waals surface area contributed by atoms with Crippen molar-refractivity contribution in [3.05, 3.63) is 58.2 Å². The van der Waals surface area contributed by atoms with Gasteiger partial charge in [0.25, 0.3) is 0 Å². The van der Waals surface area contributed by atoms with E-state index in [0.29, 0.717) is 17.5 Å². The van der Waals surface area contributed by atoms with Gasteiger partial charge in [-0.05, 0) is 23.8 Å². The van der Waals surface area contributed by atoms with E-state index in [1.807, 2.05) is 24.3 Å². The van der Waals surface area contributed by atoms with Crippen molar-refractivity contribution in [3.8, 4) is 5.88 Å². The largest absolute Gasteiger partial charge is 0.473 e. The predicted molar refractivity (Wildman–Crippen MR) is 78.6 cm³/mol. The fourth-order valence-electron chi connectivity index (χ4n) is 1.38. The maximum atomic E-state index is 5.58. The molecule has 0 fully saturated rings. The number of nitrogens with two attached hydrogens (primary N) is 1. The van der Waals surface area contributed by atoms with Gasteiger partial charge in [0.05, 0.1) is 0 Å². The molecule has 0 amide bonds. The molecule has 0 saturated carbocycles. The molecule has 1 heterocycles. The minimum Gasteiger partial charge on any atom is -0.473 e. The van der Waals surface area contributed by atoms with Gasteiger partial charge in [-0.1, -0.05) is 40.3 Å². The molecule has 0 saturated heterocycles. The smallest absolute Gasteiger partial charge is 0.214 e. The molecule has 0 aliphatic heterocycles. The molecular weight excluding hydrogens is 312 g/mol. The SMILES string of the molecule is NC(=S)c1ccnc(OCc2ccc(Br)cc2)c1. The molecule has 0 unspecified atom stereocenters. The van der Waals surface area contributed by atoms with Gasteiger partial charge in [-0.2, -0.15) is 0 Å². The van der Waals surface area contributed by atoms with Crippen molar-refractivity contribution in [1.82, 2.24) is 4.98 Å². The molecule has 0 spiro atoms. The maximum Gasteiger partial charge on any atom is 0.214 e. The topological polar surface area (TPSA) is 48.1 Å². The number of hydrogen-bond donors (Lipinski definition) is 1. The Morgan fingerprint density at radius 2 is 2.00 bits per heavy atom. The second kappa shape index (κ2) is 5.93. The van der Waals surface area contributed by atoms with Crippen LogP contribution in [0, 0.1) is 0 Å². The number of pyridine rings is 1. The van der Waals surface area contributed by atoms with Gasteiger partial charge in [0.1, 0.15) is 11.6 Å². The Labute approximate surface area is 119 Å². The van der Waals surface area contributed by atoms with E-state index in [9.17, 15) is 0 Å². The first-order chi connectivity index (χ1) is 8.65. The second-order valence-electron chi connectivity index (χ2n) is 3.66. The lowest BCUT2D eigenvalue weighted by Crippen LogP contribution is -2.09. The average molecular weight is 323 g/mol. The van der Waals surface area contributed by atoms with Crippen LogP contribution < -0.4 is 10.5 Å². The average Bonchev–Trinajstić information content (AvgIpc) is 2.38. The molecule has 1 aromatic carbocycles. The molecule has 3 nitrogen and oxygen atoms in total. The molecular formula is C13H11BrN2OS. The van der Waals surface area contributed by atoms with Gasteiger partial charge in [0.15, 0.2) is 0 Å². The van der Waals surface area contributed by atoms with Gasteiger partial charge in [-0.3, -0.25) is 0 Å². The minimum absolute atomic E-state index is 0.339. The van der Waals surface area contributed by atoms with Crippen molar-refractivity contribution in [1.29, 1.82) is 0 Å². The summed E-state index contributed by atoms with van der Waals surface area (Å²) in [5.74, 6) is 0.517. The van der Waals surface area contributed by atoms with Crippen LogP contribution in [-0.2, 0) is 6.61 Å². The van der Waals surface area contributed by atoms with Crippen LogP contribution in [0.15, 0.2) is 47.1 Å². The molecule has 5 heteroatoms. The second-order valence-corrected chi connectivity index (χ2v) is 5.02. The number of aromatic nitrogens is 1. The van der Waals surface area contributed by atoms with Gasteiger partial charge in [-0.25, -0.2) is 4.98 Å². The first kappa shape index (κ1) is 13.0. The van der Waals surface area contributed by atoms with Crippen LogP contribution in [0.3, 0.4) is 0 Å². The highest BCUT2D eigenvalue weighted by molar-refractivity contribution is 9.10. The highest BCUT2D eigenvalue weighted by Gasteiger charge is 2.01. The molecule has 0 atom stereocenters. The summed E-state index contributed by atoms with van der Waals surface area (Å²) in [5, 5.41) is 0. The molecule has 2 rings (SSSR count). The van der Waals surface area contributed by atoms with E-state index >= 15 is 0 Å². The summed E-state index contributed by atoms with van der Waals surface area (Å²) < 4.78 is 6.62. The standard InChI is InChI=1S/C13H11BrN2OS/c14-11-3-1-9(2-4-11)8-17-12-7-10(13(15)18)5-6-16-12/h1-7H,8H2,(H2,15,18). The van der Waals surface area contributed by atoms with Crippen LogP contribution in [0.4, 0.5) is 0 Å². The maximum absolute atomic E-state index is 5.58. The van der Waals surface area contributed by atoms with E-state index in [1.165, 1.54) is 0 Å². The van der Waals surface area contributed by atoms with Gasteiger partial charge < -0.3 is 10.5 Å². The van der Waals surface area contributed by atoms with Crippen molar-refractivity contribution in [2.45, 2.75) is 6.61 Å². The van der Waals surface area contributed by atoms with Gasteiger partial charge in [-0.15, -0.1) is 0 Å². The molecule has 2 aromatic rings. The van der Waals surface area contributed by atoms with Crippen LogP contribution in [0.5, 0.6) is 5.88 Å². The molecule has 0 aliphatic carbocycles. The molecule has 0 aliphatic rings. The number of benzene rings is 1. The van der Waals surface area contributed by atoms with Gasteiger partial charge in [0, 0.05) is 22.3 Å². The molecule has 1 aromatic heterocycles. The number of hydrogen-bond acceptors (Lipinski definition) is 3. The third-order valence-electron chi connectivity index (χ3n) is 2.32. The fraction of sp³-hybridized carbons (Fsp3) is 0.0769. The Hall–Kier alpha value is -1.46. The molecule has 18 heavy (non-hydrogen) atoms. The Morgan fingerprint density at radius 3 is 2.67 bits per heavy atom. The summed E-state index contributed by atoms with van der Waals surface area (Å²) >= 11 is 8.29. The van der Waals surface area contributed by atoms with E-state index in [1.54, 1.807) is 18.3 Å². The number of nitrogens with zero attached hydrogens (tertiary/aromatic N) is 1. The first-order valence-electron chi connectivity index (χ1n) is 5.28. The number of rotatable bonds is 4. The number of ether oxygens (including phenoxy) is 1. The third-order valence-corrected chi connectivity index (χ3v) is 3.08. The highest BCUT2D eigenvalue weighted by Crippen LogP contribution is 2.14. The summed E-state index contributed by atoms with van der Waals surface area (Å²) in [4.78, 5) is 4.45. The lowest BCUT2D eigenvalue weighted by molar-refractivity contribution is 0.294. The van der Waals surface area contributed by atoms with Crippen molar-refractivity contribution >= 4 is 33.1 Å². The monoisotopic (exact) mass is 322 g/mol. The minimum atomic E-state index is 0.339. The number of halogens is 1. The van der Waals surface area contributed by atoms with E-state index < -0.39 is 0 Å². The molecule has 92 valence electrons. The normalized spacial score (nSPS) is 10.1. The van der Waals surface area contributed by atoms with Crippen LogP contribution >= 0.6 is 28.1 Å². The summed E-state index contributed by atoms with van der Waals surface area (Å²) in [6, 6.07) is 11.4. The van der Waals surface area contributed by atoms with E-state index in [4.69, 9.17) is 22.7 Å². The third kappa shape index (κ3) is 3.51. The van der Waals surface area contributed by atoms with Crippen LogP contribution in [0.25, 0.3) is 0 Å². The summed E-state index contributed by atoms with van der Waals surface area (Å²) in [7, 11) is 0. The zero-order valence-electron chi connectivity index (χ0n) is 9.47. The van der Waals surface area contributed by atoms with Crippen molar-refractivity contribution in [2.75, 3.05) is 0 Å². The summed E-state index contributed by atoms with van der Waals surface area (Å²) in [5.41, 5.74) is 7.37. The summed E-state index contributed by atoms with van der Waals surface area (Å²) in [6.45, 7) is 0.459. The Kier molecular flexibility index (Phi) is 4.28. The van der Waals surface area contributed by atoms with Crippen LogP contribution in [0.2, 0.25) is 0 Å². The van der Waals surface area contributed by atoms with Crippen molar-refractivity contribution in [2.24, 2.45) is 5.73 Å². The quantitative estimate of drug-likeness (QED) is 0.879. The van der Waals surface area contributed by atoms with Gasteiger partial charge >= 0.3 is 0 Å². The van der Waals surface area contributed by atoms with Crippen molar-refractivity contribution < 1.29 is 4.74 Å². The van der Waals surface area contributed by atoms with E-state index in [-0.39, 0.29) is 0 Å². The van der Waals surface area contributed by atoms with Crippen LogP contribution in [-0.4, -0.2) is 9.97 Å². The van der Waals surface area contributed by atoms with Gasteiger partial charge in [0.2, 0.25) is 5.88 Å². The van der Waals surface area contributed by atoms with E-state index in [0.717, 1.165) is 15.6 Å². The van der Waals surface area contributed by atoms with Crippen molar-refractivity contribution in [3.63, 3.8) is 0 Å². The molecule has 2 N–H and O–H groups in total.